The summed E-state index contributed by atoms with van der Waals surface area (Å²) in [5, 5.41) is 0.209. The molecule has 2 heterocycles. The van der Waals surface area contributed by atoms with Crippen molar-refractivity contribution in [2.24, 2.45) is 10.9 Å². The van der Waals surface area contributed by atoms with Crippen molar-refractivity contribution in [3.63, 3.8) is 0 Å². The second-order valence-corrected chi connectivity index (χ2v) is 21.1. The summed E-state index contributed by atoms with van der Waals surface area (Å²) in [4.78, 5) is 41.0. The fraction of sp³-hybridized carbons (Fsp3) is 0.531. The number of ether oxygens (including phenoxy) is 3. The van der Waals surface area contributed by atoms with Crippen LogP contribution in [0.25, 0.3) is 11.9 Å². The molecule has 1 aromatic heterocycles. The van der Waals surface area contributed by atoms with E-state index in [0.717, 1.165) is 17.8 Å². The van der Waals surface area contributed by atoms with E-state index in [-0.39, 0.29) is 28.3 Å². The lowest BCUT2D eigenvalue weighted by atomic mass is 9.73. The molecule has 0 spiro atoms. The van der Waals surface area contributed by atoms with Gasteiger partial charge in [0.25, 0.3) is 0 Å². The van der Waals surface area contributed by atoms with Crippen LogP contribution >= 0.6 is 23.4 Å². The van der Waals surface area contributed by atoms with Crippen LogP contribution in [0.5, 0.6) is 0 Å². The predicted molar refractivity (Wildman–Crippen MR) is 181 cm³/mol. The number of hydrogen-bond donors (Lipinski definition) is 0. The van der Waals surface area contributed by atoms with Gasteiger partial charge in [-0.3, -0.25) is 9.79 Å². The van der Waals surface area contributed by atoms with Crippen molar-refractivity contribution in [2.75, 3.05) is 20.4 Å². The number of amidine groups is 1. The number of rotatable bonds is 9. The minimum Gasteiger partial charge on any atom is -0.468 e. The van der Waals surface area contributed by atoms with Gasteiger partial charge in [0.2, 0.25) is 0 Å². The first-order valence-corrected chi connectivity index (χ1v) is 19.7. The molecule has 0 saturated heterocycles. The van der Waals surface area contributed by atoms with Gasteiger partial charge in [-0.05, 0) is 64.4 Å². The minimum absolute atomic E-state index is 0.0513. The SMILES string of the molecule is COC(=O)[C@@]1(C)SC(N(COCC[Si](C)(C)C)C(=O)OC(C)(C)C)=N[C@](C)(c2cc(/C=C(\F)c3cnc(Cl)cn3)ccc2F)[C@@H]1C. The molecule has 46 heavy (non-hydrogen) atoms. The number of nitrogens with zero attached hydrogens (tertiary/aromatic N) is 4. The van der Waals surface area contributed by atoms with Gasteiger partial charge in [0.15, 0.2) is 11.0 Å². The van der Waals surface area contributed by atoms with Crippen LogP contribution in [-0.2, 0) is 24.5 Å². The Balaban J connectivity index is 2.17. The molecule has 0 bridgehead atoms. The molecule has 3 atom stereocenters. The largest absolute Gasteiger partial charge is 0.468 e. The van der Waals surface area contributed by atoms with Gasteiger partial charge in [0.05, 0.1) is 25.0 Å². The normalized spacial score (nSPS) is 22.2. The van der Waals surface area contributed by atoms with Crippen molar-refractivity contribution in [1.29, 1.82) is 0 Å². The van der Waals surface area contributed by atoms with E-state index in [1.807, 2.05) is 0 Å². The zero-order valence-corrected chi connectivity index (χ0v) is 30.6. The van der Waals surface area contributed by atoms with Crippen LogP contribution < -0.4 is 0 Å². The number of hydrogen-bond acceptors (Lipinski definition) is 9. The fourth-order valence-electron chi connectivity index (χ4n) is 4.68. The molecule has 1 aliphatic rings. The zero-order valence-electron chi connectivity index (χ0n) is 28.0. The molecule has 0 fully saturated rings. The molecule has 14 heteroatoms. The highest BCUT2D eigenvalue weighted by Gasteiger charge is 2.56. The smallest absolute Gasteiger partial charge is 0.418 e. The maximum Gasteiger partial charge on any atom is 0.418 e. The van der Waals surface area contributed by atoms with Crippen molar-refractivity contribution in [3.8, 4) is 0 Å². The van der Waals surface area contributed by atoms with Gasteiger partial charge < -0.3 is 14.2 Å². The van der Waals surface area contributed by atoms with Crippen molar-refractivity contribution < 1.29 is 32.6 Å². The number of esters is 1. The van der Waals surface area contributed by atoms with Gasteiger partial charge >= 0.3 is 12.1 Å². The summed E-state index contributed by atoms with van der Waals surface area (Å²) < 4.78 is 46.5. The Bertz CT molecular complexity index is 1500. The summed E-state index contributed by atoms with van der Waals surface area (Å²) in [6, 6.07) is 4.94. The first-order valence-electron chi connectivity index (χ1n) is 14.8. The number of halogens is 3. The lowest BCUT2D eigenvalue weighted by molar-refractivity contribution is -0.145. The van der Waals surface area contributed by atoms with Crippen molar-refractivity contribution in [3.05, 3.63) is 58.4 Å². The maximum absolute atomic E-state index is 15.8. The number of amides is 1. The molecule has 252 valence electrons. The second kappa shape index (κ2) is 14.5. The van der Waals surface area contributed by atoms with Gasteiger partial charge in [0, 0.05) is 26.2 Å². The third-order valence-corrected chi connectivity index (χ3v) is 11.0. The molecular weight excluding hydrogens is 654 g/mol. The molecule has 3 rings (SSSR count). The summed E-state index contributed by atoms with van der Waals surface area (Å²) in [6.07, 6.45) is 2.86. The molecule has 0 radical (unpaired) electrons. The van der Waals surface area contributed by atoms with Crippen LogP contribution in [0.2, 0.25) is 30.8 Å². The number of benzene rings is 1. The Morgan fingerprint density at radius 2 is 1.85 bits per heavy atom. The predicted octanol–water partition coefficient (Wildman–Crippen LogP) is 8.17. The number of thioether (sulfide) groups is 1. The molecular formula is C32H43ClF2N4O5SSi. The second-order valence-electron chi connectivity index (χ2n) is 13.7. The van der Waals surface area contributed by atoms with Gasteiger partial charge in [-0.25, -0.2) is 28.4 Å². The van der Waals surface area contributed by atoms with Gasteiger partial charge in [-0.1, -0.05) is 56.0 Å². The highest BCUT2D eigenvalue weighted by molar-refractivity contribution is 8.15. The van der Waals surface area contributed by atoms with E-state index < -0.39 is 53.6 Å². The Labute approximate surface area is 280 Å². The van der Waals surface area contributed by atoms with E-state index in [4.69, 9.17) is 30.8 Å². The van der Waals surface area contributed by atoms with Gasteiger partial charge in [0.1, 0.15) is 33.7 Å². The van der Waals surface area contributed by atoms with E-state index in [0.29, 0.717) is 12.2 Å². The first-order chi connectivity index (χ1) is 21.2. The highest BCUT2D eigenvalue weighted by atomic mass is 35.5. The first kappa shape index (κ1) is 37.6. The zero-order chi connectivity index (χ0) is 34.7. The lowest BCUT2D eigenvalue weighted by Gasteiger charge is -2.47. The lowest BCUT2D eigenvalue weighted by Crippen LogP contribution is -2.55. The van der Waals surface area contributed by atoms with Crippen molar-refractivity contribution in [1.82, 2.24) is 14.9 Å². The van der Waals surface area contributed by atoms with E-state index in [9.17, 15) is 9.59 Å². The summed E-state index contributed by atoms with van der Waals surface area (Å²) in [5.74, 6) is -2.60. The van der Waals surface area contributed by atoms with Gasteiger partial charge in [-0.15, -0.1) is 0 Å². The number of carbonyl (C=O) groups excluding carboxylic acids is 2. The number of aromatic nitrogens is 2. The van der Waals surface area contributed by atoms with E-state index in [1.165, 1.54) is 48.7 Å². The van der Waals surface area contributed by atoms with E-state index in [1.54, 1.807) is 41.5 Å². The summed E-state index contributed by atoms with van der Waals surface area (Å²) in [6.45, 7) is 17.1. The van der Waals surface area contributed by atoms with Gasteiger partial charge in [-0.2, -0.15) is 0 Å². The number of aliphatic imine (C=N–C) groups is 1. The van der Waals surface area contributed by atoms with Crippen molar-refractivity contribution >= 4 is 60.6 Å². The molecule has 0 N–H and O–H groups in total. The van der Waals surface area contributed by atoms with Crippen LogP contribution in [0.4, 0.5) is 13.6 Å². The maximum atomic E-state index is 15.8. The van der Waals surface area contributed by atoms with E-state index in [2.05, 4.69) is 29.6 Å². The van der Waals surface area contributed by atoms with Crippen molar-refractivity contribution in [2.45, 2.75) is 83.1 Å². The van der Waals surface area contributed by atoms with E-state index >= 15 is 8.78 Å². The Kier molecular flexibility index (Phi) is 11.8. The van der Waals surface area contributed by atoms with Crippen LogP contribution in [-0.4, -0.2) is 71.0 Å². The fourth-order valence-corrected chi connectivity index (χ4v) is 6.96. The highest BCUT2D eigenvalue weighted by Crippen LogP contribution is 2.52. The Morgan fingerprint density at radius 3 is 2.41 bits per heavy atom. The average Bonchev–Trinajstić information content (AvgIpc) is 2.95. The molecule has 2 aromatic rings. The third kappa shape index (κ3) is 9.14. The molecule has 0 unspecified atom stereocenters. The average molecular weight is 697 g/mol. The van der Waals surface area contributed by atoms with Crippen LogP contribution in [0.15, 0.2) is 35.6 Å². The van der Waals surface area contributed by atoms with Crippen LogP contribution in [0.1, 0.15) is 58.4 Å². The third-order valence-electron chi connectivity index (χ3n) is 7.65. The summed E-state index contributed by atoms with van der Waals surface area (Å²) >= 11 is 6.81. The topological polar surface area (TPSA) is 103 Å². The summed E-state index contributed by atoms with van der Waals surface area (Å²) in [7, 11) is -0.177. The quantitative estimate of drug-likeness (QED) is 0.112. The minimum atomic E-state index is -1.44. The Hall–Kier alpha value is -2.87. The van der Waals surface area contributed by atoms with Crippen LogP contribution in [0, 0.1) is 11.7 Å². The molecule has 9 nitrogen and oxygen atoms in total. The monoisotopic (exact) mass is 696 g/mol. The molecule has 1 aromatic carbocycles. The van der Waals surface area contributed by atoms with Crippen LogP contribution in [0.3, 0.4) is 0 Å². The number of carbonyl (C=O) groups is 2. The molecule has 0 aliphatic carbocycles. The summed E-state index contributed by atoms with van der Waals surface area (Å²) in [5.41, 5.74) is -1.94. The number of methoxy groups -OCH3 is 1. The molecule has 0 saturated carbocycles. The standard InChI is InChI=1S/C32H43ClF2N4O5SSi/c1-20-31(5,22-15-21(11-12-23(22)34)16-24(35)25-17-37-26(33)18-36-25)38-28(45-32(20,6)27(40)42-7)39(29(41)44-30(2,3)4)19-43-13-14-46(8,9)10/h11-12,15-18,20H,13-14,19H2,1-10H3/b24-16-/t20-,31-,32-/m0/s1. The Morgan fingerprint density at radius 1 is 1.17 bits per heavy atom. The molecule has 1 amide bonds. The molecule has 1 aliphatic heterocycles.